The van der Waals surface area contributed by atoms with Gasteiger partial charge in [-0.25, -0.2) is 0 Å². The van der Waals surface area contributed by atoms with Crippen molar-refractivity contribution >= 4 is 21.5 Å². The van der Waals surface area contributed by atoms with Crippen molar-refractivity contribution in [3.63, 3.8) is 0 Å². The first-order chi connectivity index (χ1) is 9.43. The standard InChI is InChI=1S/C17H14O2/c1-2-6-13-12(5-1)11-16(17-18-9-10-19-17)15-8-4-3-7-14(13)15/h1-8,11,17H,9-10H2. The monoisotopic (exact) mass is 250 g/mol. The van der Waals surface area contributed by atoms with Crippen LogP contribution in [0.15, 0.2) is 54.6 Å². The Labute approximate surface area is 111 Å². The maximum Gasteiger partial charge on any atom is 0.184 e. The molecule has 0 atom stereocenters. The molecule has 1 saturated heterocycles. The first kappa shape index (κ1) is 11.0. The molecule has 1 heterocycles. The number of benzene rings is 3. The van der Waals surface area contributed by atoms with Crippen LogP contribution in [0.3, 0.4) is 0 Å². The van der Waals surface area contributed by atoms with Gasteiger partial charge in [0, 0.05) is 5.56 Å². The van der Waals surface area contributed by atoms with Crippen LogP contribution < -0.4 is 0 Å². The van der Waals surface area contributed by atoms with Crippen LogP contribution in [0.1, 0.15) is 11.9 Å². The van der Waals surface area contributed by atoms with Gasteiger partial charge in [0.15, 0.2) is 6.29 Å². The van der Waals surface area contributed by atoms with E-state index in [1.165, 1.54) is 21.5 Å². The van der Waals surface area contributed by atoms with E-state index in [4.69, 9.17) is 9.47 Å². The van der Waals surface area contributed by atoms with Gasteiger partial charge in [-0.05, 0) is 27.6 Å². The second-order valence-electron chi connectivity index (χ2n) is 4.81. The third-order valence-corrected chi connectivity index (χ3v) is 3.68. The molecule has 1 fully saturated rings. The highest BCUT2D eigenvalue weighted by molar-refractivity contribution is 6.09. The fourth-order valence-corrected chi connectivity index (χ4v) is 2.82. The van der Waals surface area contributed by atoms with Gasteiger partial charge in [0.25, 0.3) is 0 Å². The normalized spacial score (nSPS) is 16.4. The zero-order valence-corrected chi connectivity index (χ0v) is 10.5. The Morgan fingerprint density at radius 3 is 2.16 bits per heavy atom. The molecule has 0 aliphatic carbocycles. The van der Waals surface area contributed by atoms with Crippen LogP contribution in [0.4, 0.5) is 0 Å². The van der Waals surface area contributed by atoms with Crippen molar-refractivity contribution in [2.24, 2.45) is 0 Å². The number of ether oxygens (including phenoxy) is 2. The van der Waals surface area contributed by atoms with Gasteiger partial charge >= 0.3 is 0 Å². The fourth-order valence-electron chi connectivity index (χ4n) is 2.82. The molecule has 0 aromatic heterocycles. The average molecular weight is 250 g/mol. The van der Waals surface area contributed by atoms with Gasteiger partial charge in [-0.1, -0.05) is 48.5 Å². The average Bonchev–Trinajstić information content (AvgIpc) is 3.00. The minimum atomic E-state index is -0.227. The summed E-state index contributed by atoms with van der Waals surface area (Å²) < 4.78 is 11.3. The van der Waals surface area contributed by atoms with E-state index >= 15 is 0 Å². The molecule has 0 N–H and O–H groups in total. The van der Waals surface area contributed by atoms with E-state index in [2.05, 4.69) is 54.6 Å². The topological polar surface area (TPSA) is 18.5 Å². The molecule has 0 amide bonds. The Kier molecular flexibility index (Phi) is 2.50. The predicted molar refractivity (Wildman–Crippen MR) is 76.1 cm³/mol. The van der Waals surface area contributed by atoms with Crippen LogP contribution in [0.5, 0.6) is 0 Å². The Morgan fingerprint density at radius 2 is 1.37 bits per heavy atom. The highest BCUT2D eigenvalue weighted by Crippen LogP contribution is 2.34. The van der Waals surface area contributed by atoms with E-state index in [1.54, 1.807) is 0 Å². The predicted octanol–water partition coefficient (Wildman–Crippen LogP) is 4.04. The molecule has 94 valence electrons. The summed E-state index contributed by atoms with van der Waals surface area (Å²) in [6.07, 6.45) is -0.227. The summed E-state index contributed by atoms with van der Waals surface area (Å²) in [5.41, 5.74) is 1.13. The molecular weight excluding hydrogens is 236 g/mol. The second kappa shape index (κ2) is 4.34. The SMILES string of the molecule is c1ccc2c(c1)cc(C1OCCO1)c1ccccc12. The summed E-state index contributed by atoms with van der Waals surface area (Å²) in [5, 5.41) is 4.98. The molecule has 0 radical (unpaired) electrons. The highest BCUT2D eigenvalue weighted by Gasteiger charge is 2.21. The molecule has 1 aliphatic heterocycles. The van der Waals surface area contributed by atoms with Crippen LogP contribution in [-0.2, 0) is 9.47 Å². The Balaban J connectivity index is 2.09. The van der Waals surface area contributed by atoms with E-state index in [-0.39, 0.29) is 6.29 Å². The fraction of sp³-hybridized carbons (Fsp3) is 0.176. The molecule has 0 saturated carbocycles. The zero-order valence-electron chi connectivity index (χ0n) is 10.5. The van der Waals surface area contributed by atoms with Gasteiger partial charge < -0.3 is 9.47 Å². The van der Waals surface area contributed by atoms with Crippen LogP contribution in [0.25, 0.3) is 21.5 Å². The molecule has 4 rings (SSSR count). The third-order valence-electron chi connectivity index (χ3n) is 3.68. The summed E-state index contributed by atoms with van der Waals surface area (Å²) in [4.78, 5) is 0. The molecule has 0 spiro atoms. The molecule has 3 aromatic carbocycles. The van der Waals surface area contributed by atoms with Crippen molar-refractivity contribution in [1.82, 2.24) is 0 Å². The molecule has 2 nitrogen and oxygen atoms in total. The summed E-state index contributed by atoms with van der Waals surface area (Å²) in [7, 11) is 0. The molecule has 2 heteroatoms. The van der Waals surface area contributed by atoms with Crippen LogP contribution >= 0.6 is 0 Å². The van der Waals surface area contributed by atoms with Gasteiger partial charge in [0.2, 0.25) is 0 Å². The second-order valence-corrected chi connectivity index (χ2v) is 4.81. The van der Waals surface area contributed by atoms with Crippen LogP contribution in [0.2, 0.25) is 0 Å². The van der Waals surface area contributed by atoms with Crippen molar-refractivity contribution in [2.45, 2.75) is 6.29 Å². The van der Waals surface area contributed by atoms with Crippen LogP contribution in [0, 0.1) is 0 Å². The Bertz CT molecular complexity index is 742. The number of hydrogen-bond acceptors (Lipinski definition) is 2. The minimum absolute atomic E-state index is 0.227. The van der Waals surface area contributed by atoms with Crippen molar-refractivity contribution < 1.29 is 9.47 Å². The van der Waals surface area contributed by atoms with Gasteiger partial charge in [0.05, 0.1) is 13.2 Å². The van der Waals surface area contributed by atoms with Crippen molar-refractivity contribution in [3.8, 4) is 0 Å². The molecule has 0 bridgehead atoms. The largest absolute Gasteiger partial charge is 0.346 e. The lowest BCUT2D eigenvalue weighted by Crippen LogP contribution is -1.99. The number of fused-ring (bicyclic) bond motifs is 3. The van der Waals surface area contributed by atoms with E-state index in [0.29, 0.717) is 13.2 Å². The van der Waals surface area contributed by atoms with Gasteiger partial charge in [-0.2, -0.15) is 0 Å². The lowest BCUT2D eigenvalue weighted by Gasteiger charge is -2.14. The highest BCUT2D eigenvalue weighted by atomic mass is 16.7. The maximum atomic E-state index is 5.67. The smallest absolute Gasteiger partial charge is 0.184 e. The zero-order chi connectivity index (χ0) is 12.7. The molecular formula is C17H14O2. The Hall–Kier alpha value is -1.90. The minimum Gasteiger partial charge on any atom is -0.346 e. The van der Waals surface area contributed by atoms with Crippen molar-refractivity contribution in [1.29, 1.82) is 0 Å². The van der Waals surface area contributed by atoms with E-state index in [9.17, 15) is 0 Å². The van der Waals surface area contributed by atoms with E-state index < -0.39 is 0 Å². The van der Waals surface area contributed by atoms with Gasteiger partial charge in [-0.15, -0.1) is 0 Å². The Morgan fingerprint density at radius 1 is 0.737 bits per heavy atom. The molecule has 3 aromatic rings. The van der Waals surface area contributed by atoms with Gasteiger partial charge in [0.1, 0.15) is 0 Å². The molecule has 1 aliphatic rings. The number of hydrogen-bond donors (Lipinski definition) is 0. The lowest BCUT2D eigenvalue weighted by molar-refractivity contribution is -0.0429. The first-order valence-electron chi connectivity index (χ1n) is 6.57. The number of rotatable bonds is 1. The van der Waals surface area contributed by atoms with E-state index in [0.717, 1.165) is 5.56 Å². The van der Waals surface area contributed by atoms with Crippen molar-refractivity contribution in [3.05, 3.63) is 60.2 Å². The quantitative estimate of drug-likeness (QED) is 0.607. The first-order valence-corrected chi connectivity index (χ1v) is 6.57. The molecule has 0 unspecified atom stereocenters. The third kappa shape index (κ3) is 1.72. The summed E-state index contributed by atoms with van der Waals surface area (Å²) in [6.45, 7) is 1.34. The maximum absolute atomic E-state index is 5.67. The molecule has 19 heavy (non-hydrogen) atoms. The summed E-state index contributed by atoms with van der Waals surface area (Å²) >= 11 is 0. The summed E-state index contributed by atoms with van der Waals surface area (Å²) in [5.74, 6) is 0. The van der Waals surface area contributed by atoms with Crippen molar-refractivity contribution in [2.75, 3.05) is 13.2 Å². The summed E-state index contributed by atoms with van der Waals surface area (Å²) in [6, 6.07) is 19.1. The van der Waals surface area contributed by atoms with Crippen LogP contribution in [-0.4, -0.2) is 13.2 Å². The van der Waals surface area contributed by atoms with E-state index in [1.807, 2.05) is 0 Å². The van der Waals surface area contributed by atoms with Gasteiger partial charge in [-0.3, -0.25) is 0 Å². The lowest BCUT2D eigenvalue weighted by atomic mass is 9.97.